The number of hydrogen-bond donors (Lipinski definition) is 2. The van der Waals surface area contributed by atoms with E-state index < -0.39 is 10.1 Å². The summed E-state index contributed by atoms with van der Waals surface area (Å²) in [7, 11) is -3.86. The van der Waals surface area contributed by atoms with Crippen LogP contribution in [0, 0.1) is 0 Å². The average molecular weight is 243 g/mol. The fraction of sp³-hybridized carbons (Fsp3) is 0.455. The van der Waals surface area contributed by atoms with Gasteiger partial charge in [0.05, 0.1) is 5.75 Å². The van der Waals surface area contributed by atoms with Crippen molar-refractivity contribution in [1.29, 1.82) is 0 Å². The van der Waals surface area contributed by atoms with Crippen LogP contribution in [0.1, 0.15) is 12.5 Å². The lowest BCUT2D eigenvalue weighted by atomic mass is 10.1. The van der Waals surface area contributed by atoms with Crippen LogP contribution < -0.4 is 5.32 Å². The Morgan fingerprint density at radius 1 is 1.31 bits per heavy atom. The molecule has 0 spiro atoms. The molecule has 0 bridgehead atoms. The van der Waals surface area contributed by atoms with E-state index in [-0.39, 0.29) is 18.3 Å². The molecule has 0 aliphatic heterocycles. The molecule has 0 fully saturated rings. The number of benzene rings is 1. The lowest BCUT2D eigenvalue weighted by molar-refractivity contribution is 0.476. The van der Waals surface area contributed by atoms with E-state index in [0.717, 1.165) is 6.42 Å². The van der Waals surface area contributed by atoms with Crippen molar-refractivity contribution in [2.24, 2.45) is 0 Å². The van der Waals surface area contributed by atoms with Crippen molar-refractivity contribution in [3.05, 3.63) is 35.9 Å². The fourth-order valence-corrected chi connectivity index (χ4v) is 1.85. The molecule has 0 aliphatic carbocycles. The van der Waals surface area contributed by atoms with Crippen molar-refractivity contribution in [1.82, 2.24) is 5.32 Å². The van der Waals surface area contributed by atoms with Crippen LogP contribution in [0.3, 0.4) is 0 Å². The molecule has 0 amide bonds. The van der Waals surface area contributed by atoms with Gasteiger partial charge in [0.25, 0.3) is 10.1 Å². The molecule has 0 unspecified atom stereocenters. The summed E-state index contributed by atoms with van der Waals surface area (Å²) < 4.78 is 29.5. The van der Waals surface area contributed by atoms with Gasteiger partial charge in [-0.25, -0.2) is 0 Å². The molecule has 5 heteroatoms. The SMILES string of the molecule is C[C@@H](Cc1ccccc1)NCCS(=O)(=O)O. The Bertz CT molecular complexity index is 402. The summed E-state index contributed by atoms with van der Waals surface area (Å²) in [5.74, 6) is -0.244. The van der Waals surface area contributed by atoms with Gasteiger partial charge in [-0.3, -0.25) is 4.55 Å². The highest BCUT2D eigenvalue weighted by Crippen LogP contribution is 2.02. The van der Waals surface area contributed by atoms with Crippen LogP contribution in [0.25, 0.3) is 0 Å². The maximum atomic E-state index is 10.5. The van der Waals surface area contributed by atoms with Gasteiger partial charge in [0.2, 0.25) is 0 Å². The third-order valence-corrected chi connectivity index (χ3v) is 2.96. The van der Waals surface area contributed by atoms with Gasteiger partial charge in [0.1, 0.15) is 0 Å². The molecule has 0 radical (unpaired) electrons. The standard InChI is InChI=1S/C11H17NO3S/c1-10(12-7-8-16(13,14)15)9-11-5-3-2-4-6-11/h2-6,10,12H,7-9H2,1H3,(H,13,14,15)/t10-/m0/s1. The minimum atomic E-state index is -3.86. The molecule has 0 saturated carbocycles. The zero-order chi connectivity index (χ0) is 12.0. The second-order valence-electron chi connectivity index (χ2n) is 3.83. The number of hydrogen-bond acceptors (Lipinski definition) is 3. The van der Waals surface area contributed by atoms with Crippen molar-refractivity contribution in [3.63, 3.8) is 0 Å². The Hall–Kier alpha value is -0.910. The van der Waals surface area contributed by atoms with Gasteiger partial charge in [-0.05, 0) is 18.9 Å². The Kier molecular flexibility index (Phi) is 4.92. The Morgan fingerprint density at radius 3 is 2.50 bits per heavy atom. The van der Waals surface area contributed by atoms with Gasteiger partial charge >= 0.3 is 0 Å². The summed E-state index contributed by atoms with van der Waals surface area (Å²) >= 11 is 0. The maximum absolute atomic E-state index is 10.5. The Morgan fingerprint density at radius 2 is 1.94 bits per heavy atom. The molecule has 0 aliphatic rings. The molecule has 2 N–H and O–H groups in total. The van der Waals surface area contributed by atoms with Crippen LogP contribution in [0.4, 0.5) is 0 Å². The predicted octanol–water partition coefficient (Wildman–Crippen LogP) is 1.09. The van der Waals surface area contributed by atoms with Crippen molar-refractivity contribution in [3.8, 4) is 0 Å². The first-order chi connectivity index (χ1) is 7.47. The molecule has 1 aromatic carbocycles. The average Bonchev–Trinajstić information content (AvgIpc) is 2.17. The third kappa shape index (κ3) is 5.85. The van der Waals surface area contributed by atoms with Crippen LogP contribution in [0.15, 0.2) is 30.3 Å². The van der Waals surface area contributed by atoms with E-state index in [4.69, 9.17) is 4.55 Å². The molecule has 90 valence electrons. The second-order valence-corrected chi connectivity index (χ2v) is 5.40. The summed E-state index contributed by atoms with van der Waals surface area (Å²) in [6.07, 6.45) is 0.840. The van der Waals surface area contributed by atoms with Gasteiger partial charge in [0.15, 0.2) is 0 Å². The zero-order valence-electron chi connectivity index (χ0n) is 9.26. The van der Waals surface area contributed by atoms with Crippen molar-refractivity contribution >= 4 is 10.1 Å². The first-order valence-corrected chi connectivity index (χ1v) is 6.81. The number of nitrogens with one attached hydrogen (secondary N) is 1. The molecular weight excluding hydrogens is 226 g/mol. The monoisotopic (exact) mass is 243 g/mol. The third-order valence-electron chi connectivity index (χ3n) is 2.24. The van der Waals surface area contributed by atoms with Crippen LogP contribution in [0.2, 0.25) is 0 Å². The molecule has 1 atom stereocenters. The van der Waals surface area contributed by atoms with Gasteiger partial charge < -0.3 is 5.32 Å². The lowest BCUT2D eigenvalue weighted by Gasteiger charge is -2.12. The largest absolute Gasteiger partial charge is 0.313 e. The quantitative estimate of drug-likeness (QED) is 0.734. The molecule has 16 heavy (non-hydrogen) atoms. The van der Waals surface area contributed by atoms with Crippen molar-refractivity contribution in [2.75, 3.05) is 12.3 Å². The normalized spacial score (nSPS) is 13.6. The van der Waals surface area contributed by atoms with Crippen LogP contribution in [0.5, 0.6) is 0 Å². The minimum Gasteiger partial charge on any atom is -0.313 e. The first-order valence-electron chi connectivity index (χ1n) is 5.20. The van der Waals surface area contributed by atoms with E-state index in [2.05, 4.69) is 5.32 Å². The molecule has 1 aromatic rings. The van der Waals surface area contributed by atoms with E-state index in [1.165, 1.54) is 5.56 Å². The summed E-state index contributed by atoms with van der Waals surface area (Å²) in [5.41, 5.74) is 1.20. The van der Waals surface area contributed by atoms with Crippen LogP contribution in [-0.2, 0) is 16.5 Å². The molecule has 0 saturated heterocycles. The van der Waals surface area contributed by atoms with E-state index >= 15 is 0 Å². The van der Waals surface area contributed by atoms with Crippen LogP contribution >= 0.6 is 0 Å². The van der Waals surface area contributed by atoms with E-state index in [1.54, 1.807) is 0 Å². The molecule has 0 aromatic heterocycles. The van der Waals surface area contributed by atoms with E-state index in [1.807, 2.05) is 37.3 Å². The van der Waals surface area contributed by atoms with Gasteiger partial charge in [0, 0.05) is 12.6 Å². The van der Waals surface area contributed by atoms with E-state index in [9.17, 15) is 8.42 Å². The summed E-state index contributed by atoms with van der Waals surface area (Å²) in [4.78, 5) is 0. The predicted molar refractivity (Wildman–Crippen MR) is 64.0 cm³/mol. The summed E-state index contributed by atoms with van der Waals surface area (Å²) in [6, 6.07) is 10.1. The first kappa shape index (κ1) is 13.2. The fourth-order valence-electron chi connectivity index (χ4n) is 1.47. The Labute approximate surface area is 96.4 Å². The van der Waals surface area contributed by atoms with Gasteiger partial charge in [-0.15, -0.1) is 0 Å². The highest BCUT2D eigenvalue weighted by molar-refractivity contribution is 7.85. The summed E-state index contributed by atoms with van der Waals surface area (Å²) in [5, 5.41) is 3.05. The molecule has 4 nitrogen and oxygen atoms in total. The van der Waals surface area contributed by atoms with Crippen molar-refractivity contribution in [2.45, 2.75) is 19.4 Å². The van der Waals surface area contributed by atoms with Gasteiger partial charge in [-0.1, -0.05) is 30.3 Å². The minimum absolute atomic E-state index is 0.184. The molecule has 1 rings (SSSR count). The van der Waals surface area contributed by atoms with E-state index in [0.29, 0.717) is 0 Å². The lowest BCUT2D eigenvalue weighted by Crippen LogP contribution is -2.32. The van der Waals surface area contributed by atoms with Crippen LogP contribution in [-0.4, -0.2) is 31.3 Å². The summed E-state index contributed by atoms with van der Waals surface area (Å²) in [6.45, 7) is 2.25. The number of rotatable bonds is 6. The van der Waals surface area contributed by atoms with Gasteiger partial charge in [-0.2, -0.15) is 8.42 Å². The van der Waals surface area contributed by atoms with Crippen molar-refractivity contribution < 1.29 is 13.0 Å². The zero-order valence-corrected chi connectivity index (χ0v) is 10.1. The topological polar surface area (TPSA) is 66.4 Å². The highest BCUT2D eigenvalue weighted by Gasteiger charge is 2.06. The molecular formula is C11H17NO3S. The highest BCUT2D eigenvalue weighted by atomic mass is 32.2. The smallest absolute Gasteiger partial charge is 0.266 e. The Balaban J connectivity index is 2.29. The molecule has 0 heterocycles. The maximum Gasteiger partial charge on any atom is 0.266 e. The second kappa shape index (κ2) is 5.98.